The highest BCUT2D eigenvalue weighted by Gasteiger charge is 2.40. The van der Waals surface area contributed by atoms with Gasteiger partial charge in [0, 0.05) is 18.6 Å². The van der Waals surface area contributed by atoms with Crippen LogP contribution in [0.1, 0.15) is 19.3 Å². The molecular weight excluding hydrogens is 114 g/mol. The van der Waals surface area contributed by atoms with E-state index >= 15 is 0 Å². The Labute approximate surface area is 55.4 Å². The van der Waals surface area contributed by atoms with Crippen LogP contribution >= 0.6 is 0 Å². The fourth-order valence-corrected chi connectivity index (χ4v) is 1.84. The largest absolute Gasteiger partial charge is 0.378 e. The van der Waals surface area contributed by atoms with Gasteiger partial charge in [-0.05, 0) is 19.3 Å². The third-order valence-corrected chi connectivity index (χ3v) is 2.55. The van der Waals surface area contributed by atoms with E-state index in [0.29, 0.717) is 18.1 Å². The molecule has 3 atom stereocenters. The summed E-state index contributed by atoms with van der Waals surface area (Å²) in [5.41, 5.74) is 5.75. The summed E-state index contributed by atoms with van der Waals surface area (Å²) in [7, 11) is 0. The zero-order chi connectivity index (χ0) is 6.27. The van der Waals surface area contributed by atoms with Gasteiger partial charge in [-0.25, -0.2) is 0 Å². The second kappa shape index (κ2) is 1.96. The average Bonchev–Trinajstić information content (AvgIpc) is 1.86. The number of hydrogen-bond donors (Lipinski definition) is 1. The minimum Gasteiger partial charge on any atom is -0.378 e. The highest BCUT2D eigenvalue weighted by Crippen LogP contribution is 2.36. The van der Waals surface area contributed by atoms with Crippen LogP contribution in [0.3, 0.4) is 0 Å². The lowest BCUT2D eigenvalue weighted by atomic mass is 9.73. The molecule has 0 aromatic heterocycles. The molecule has 2 aliphatic rings. The van der Waals surface area contributed by atoms with Crippen molar-refractivity contribution < 1.29 is 4.74 Å². The van der Waals surface area contributed by atoms with E-state index in [0.717, 1.165) is 13.0 Å². The summed E-state index contributed by atoms with van der Waals surface area (Å²) in [6.45, 7) is 0.966. The first-order valence-corrected chi connectivity index (χ1v) is 3.75. The highest BCUT2D eigenvalue weighted by atomic mass is 16.5. The van der Waals surface area contributed by atoms with E-state index in [1.807, 2.05) is 0 Å². The maximum Gasteiger partial charge on any atom is 0.0632 e. The molecule has 2 rings (SSSR count). The lowest BCUT2D eigenvalue weighted by Crippen LogP contribution is -2.54. The minimum absolute atomic E-state index is 0.454. The molecule has 2 nitrogen and oxygen atoms in total. The van der Waals surface area contributed by atoms with Gasteiger partial charge >= 0.3 is 0 Å². The molecule has 9 heavy (non-hydrogen) atoms. The fourth-order valence-electron chi connectivity index (χ4n) is 1.84. The van der Waals surface area contributed by atoms with E-state index in [9.17, 15) is 0 Å². The number of ether oxygens (including phenoxy) is 1. The van der Waals surface area contributed by atoms with Crippen molar-refractivity contribution in [3.05, 3.63) is 0 Å². The molecular formula is C7H13NO. The minimum atomic E-state index is 0.454. The smallest absolute Gasteiger partial charge is 0.0632 e. The Hall–Kier alpha value is -0.0800. The summed E-state index contributed by atoms with van der Waals surface area (Å²) in [6.07, 6.45) is 4.15. The van der Waals surface area contributed by atoms with Crippen molar-refractivity contribution in [3.8, 4) is 0 Å². The second-order valence-corrected chi connectivity index (χ2v) is 3.11. The van der Waals surface area contributed by atoms with Gasteiger partial charge in [0.05, 0.1) is 6.10 Å². The standard InChI is InChI=1S/C7H13NO/c8-6-4-7-5(6)2-1-3-9-7/h5-7H,1-4,8H2/t5-,6?,7+/m1/s1. The van der Waals surface area contributed by atoms with Crippen molar-refractivity contribution in [2.45, 2.75) is 31.4 Å². The molecule has 1 saturated heterocycles. The van der Waals surface area contributed by atoms with Crippen molar-refractivity contribution in [1.29, 1.82) is 0 Å². The maximum atomic E-state index is 5.75. The fraction of sp³-hybridized carbons (Fsp3) is 1.00. The Morgan fingerprint density at radius 2 is 2.33 bits per heavy atom. The van der Waals surface area contributed by atoms with Gasteiger partial charge in [0.25, 0.3) is 0 Å². The van der Waals surface area contributed by atoms with Gasteiger partial charge < -0.3 is 10.5 Å². The molecule has 0 aromatic carbocycles. The molecule has 0 amide bonds. The number of nitrogens with two attached hydrogens (primary N) is 1. The van der Waals surface area contributed by atoms with Crippen LogP contribution in [0.2, 0.25) is 0 Å². The van der Waals surface area contributed by atoms with Gasteiger partial charge in [-0.2, -0.15) is 0 Å². The van der Waals surface area contributed by atoms with Gasteiger partial charge in [-0.3, -0.25) is 0 Å². The summed E-state index contributed by atoms with van der Waals surface area (Å²) in [4.78, 5) is 0. The van der Waals surface area contributed by atoms with E-state index in [1.54, 1.807) is 0 Å². The summed E-state index contributed by atoms with van der Waals surface area (Å²) < 4.78 is 5.47. The molecule has 1 aliphatic carbocycles. The van der Waals surface area contributed by atoms with Crippen molar-refractivity contribution in [2.24, 2.45) is 11.7 Å². The molecule has 1 aliphatic heterocycles. The zero-order valence-electron chi connectivity index (χ0n) is 5.55. The molecule has 1 heterocycles. The van der Waals surface area contributed by atoms with Crippen LogP contribution in [0.15, 0.2) is 0 Å². The van der Waals surface area contributed by atoms with Gasteiger partial charge in [-0.1, -0.05) is 0 Å². The molecule has 52 valence electrons. The van der Waals surface area contributed by atoms with Crippen LogP contribution in [-0.2, 0) is 4.74 Å². The number of rotatable bonds is 0. The van der Waals surface area contributed by atoms with Gasteiger partial charge in [0.2, 0.25) is 0 Å². The SMILES string of the molecule is NC1C[C@@H]2OCCC[C@H]12. The van der Waals surface area contributed by atoms with E-state index in [1.165, 1.54) is 12.8 Å². The maximum absolute atomic E-state index is 5.75. The molecule has 0 radical (unpaired) electrons. The lowest BCUT2D eigenvalue weighted by Gasteiger charge is -2.45. The monoisotopic (exact) mass is 127 g/mol. The highest BCUT2D eigenvalue weighted by molar-refractivity contribution is 4.94. The predicted molar refractivity (Wildman–Crippen MR) is 35.1 cm³/mol. The Morgan fingerprint density at radius 3 is 2.89 bits per heavy atom. The molecule has 0 aromatic rings. The summed E-state index contributed by atoms with van der Waals surface area (Å²) in [6, 6.07) is 0.454. The summed E-state index contributed by atoms with van der Waals surface area (Å²) in [5, 5.41) is 0. The Kier molecular flexibility index (Phi) is 1.24. The van der Waals surface area contributed by atoms with Crippen molar-refractivity contribution in [3.63, 3.8) is 0 Å². The third kappa shape index (κ3) is 0.775. The Balaban J connectivity index is 1.94. The van der Waals surface area contributed by atoms with Crippen LogP contribution in [0.4, 0.5) is 0 Å². The first-order chi connectivity index (χ1) is 4.38. The van der Waals surface area contributed by atoms with Crippen molar-refractivity contribution in [1.82, 2.24) is 0 Å². The van der Waals surface area contributed by atoms with E-state index in [-0.39, 0.29) is 0 Å². The average molecular weight is 127 g/mol. The Morgan fingerprint density at radius 1 is 1.44 bits per heavy atom. The van der Waals surface area contributed by atoms with Gasteiger partial charge in [0.1, 0.15) is 0 Å². The van der Waals surface area contributed by atoms with Crippen LogP contribution in [-0.4, -0.2) is 18.8 Å². The molecule has 2 N–H and O–H groups in total. The molecule has 0 spiro atoms. The van der Waals surface area contributed by atoms with E-state index < -0.39 is 0 Å². The lowest BCUT2D eigenvalue weighted by molar-refractivity contribution is -0.0943. The Bertz CT molecular complexity index is 113. The van der Waals surface area contributed by atoms with E-state index in [2.05, 4.69) is 0 Å². The third-order valence-electron chi connectivity index (χ3n) is 2.55. The number of fused-ring (bicyclic) bond motifs is 1. The molecule has 1 saturated carbocycles. The molecule has 2 heteroatoms. The van der Waals surface area contributed by atoms with Gasteiger partial charge in [-0.15, -0.1) is 0 Å². The van der Waals surface area contributed by atoms with Crippen molar-refractivity contribution in [2.75, 3.05) is 6.61 Å². The first-order valence-electron chi connectivity index (χ1n) is 3.75. The van der Waals surface area contributed by atoms with Crippen LogP contribution in [0.25, 0.3) is 0 Å². The van der Waals surface area contributed by atoms with Crippen LogP contribution in [0.5, 0.6) is 0 Å². The van der Waals surface area contributed by atoms with E-state index in [4.69, 9.17) is 10.5 Å². The second-order valence-electron chi connectivity index (χ2n) is 3.11. The first kappa shape index (κ1) is 5.69. The normalized spacial score (nSPS) is 49.7. The predicted octanol–water partition coefficient (Wildman–Crippen LogP) is 0.513. The summed E-state index contributed by atoms with van der Waals surface area (Å²) >= 11 is 0. The molecule has 1 unspecified atom stereocenters. The topological polar surface area (TPSA) is 35.2 Å². The summed E-state index contributed by atoms with van der Waals surface area (Å²) in [5.74, 6) is 0.707. The molecule has 2 fully saturated rings. The van der Waals surface area contributed by atoms with Gasteiger partial charge in [0.15, 0.2) is 0 Å². The number of hydrogen-bond acceptors (Lipinski definition) is 2. The van der Waals surface area contributed by atoms with Crippen molar-refractivity contribution >= 4 is 0 Å². The van der Waals surface area contributed by atoms with Crippen LogP contribution < -0.4 is 5.73 Å². The molecule has 0 bridgehead atoms. The van der Waals surface area contributed by atoms with Crippen LogP contribution in [0, 0.1) is 5.92 Å². The zero-order valence-corrected chi connectivity index (χ0v) is 5.55. The quantitative estimate of drug-likeness (QED) is 0.514.